The number of nitrogens with one attached hydrogen (secondary N) is 1. The van der Waals surface area contributed by atoms with Crippen molar-refractivity contribution in [3.8, 4) is 0 Å². The van der Waals surface area contributed by atoms with Crippen LogP contribution >= 0.6 is 27.5 Å². The third-order valence-corrected chi connectivity index (χ3v) is 5.79. The van der Waals surface area contributed by atoms with Gasteiger partial charge in [-0.1, -0.05) is 0 Å². The van der Waals surface area contributed by atoms with E-state index in [9.17, 15) is 18.7 Å². The number of hydrogen-bond acceptors (Lipinski definition) is 6. The van der Waals surface area contributed by atoms with Crippen LogP contribution in [-0.4, -0.2) is 52.0 Å². The summed E-state index contributed by atoms with van der Waals surface area (Å²) in [7, 11) is 0. The monoisotopic (exact) mass is 520 g/mol. The molecule has 11 heteroatoms. The molecule has 170 valence electrons. The lowest BCUT2D eigenvalue weighted by molar-refractivity contribution is 0.0158. The molecule has 0 spiro atoms. The largest absolute Gasteiger partial charge is 0.444 e. The quantitative estimate of drug-likeness (QED) is 0.453. The number of aliphatic hydroxyl groups is 1. The molecular formula is C20H24BrClF2N4O3. The predicted octanol–water partition coefficient (Wildman–Crippen LogP) is 4.57. The molecule has 1 fully saturated rings. The second kappa shape index (κ2) is 8.99. The normalized spacial score (nSPS) is 19.5. The van der Waals surface area contributed by atoms with Crippen LogP contribution in [0.3, 0.4) is 0 Å². The number of β-amino-alcohol motifs (C(OH)–C–C–N with tert-alkyl or cyclic N) is 1. The fourth-order valence-corrected chi connectivity index (χ4v) is 4.05. The van der Waals surface area contributed by atoms with Gasteiger partial charge in [-0.05, 0) is 73.6 Å². The van der Waals surface area contributed by atoms with Gasteiger partial charge >= 0.3 is 6.09 Å². The van der Waals surface area contributed by atoms with E-state index in [1.54, 1.807) is 25.7 Å². The molecule has 1 aromatic carbocycles. The highest BCUT2D eigenvalue weighted by molar-refractivity contribution is 9.10. The predicted molar refractivity (Wildman–Crippen MR) is 117 cm³/mol. The van der Waals surface area contributed by atoms with Crippen LogP contribution in [0, 0.1) is 11.6 Å². The van der Waals surface area contributed by atoms with E-state index in [0.29, 0.717) is 19.4 Å². The molecule has 1 amide bonds. The van der Waals surface area contributed by atoms with Gasteiger partial charge in [-0.15, -0.1) is 0 Å². The molecule has 3 rings (SSSR count). The van der Waals surface area contributed by atoms with Gasteiger partial charge in [0, 0.05) is 25.0 Å². The van der Waals surface area contributed by atoms with Gasteiger partial charge in [0.15, 0.2) is 5.82 Å². The minimum Gasteiger partial charge on any atom is -0.444 e. The van der Waals surface area contributed by atoms with Crippen molar-refractivity contribution >= 4 is 50.3 Å². The summed E-state index contributed by atoms with van der Waals surface area (Å²) in [4.78, 5) is 21.7. The van der Waals surface area contributed by atoms with Crippen molar-refractivity contribution in [3.63, 3.8) is 0 Å². The Morgan fingerprint density at radius 1 is 1.42 bits per heavy atom. The summed E-state index contributed by atoms with van der Waals surface area (Å²) >= 11 is 8.87. The van der Waals surface area contributed by atoms with Crippen molar-refractivity contribution < 1.29 is 23.4 Å². The highest BCUT2D eigenvalue weighted by Crippen LogP contribution is 2.35. The number of halogens is 4. The first kappa shape index (κ1) is 23.9. The van der Waals surface area contributed by atoms with Crippen molar-refractivity contribution in [2.45, 2.75) is 51.2 Å². The standard InChI is InChI=1S/C20H24BrClF2N4O3/c1-19(2,3)31-18(29)25-7-6-20(30)5-4-8-28(10-20)16-11-9-12(23)13(21)14(24)15(11)26-17(22)27-16/h9,30H,4-8,10H2,1-3H3,(H,25,29). The fourth-order valence-electron chi connectivity index (χ4n) is 3.58. The van der Waals surface area contributed by atoms with E-state index in [1.807, 2.05) is 0 Å². The Kier molecular flexibility index (Phi) is 6.93. The Hall–Kier alpha value is -1.78. The van der Waals surface area contributed by atoms with E-state index in [2.05, 4.69) is 31.2 Å². The Labute approximate surface area is 192 Å². The summed E-state index contributed by atoms with van der Waals surface area (Å²) in [6.45, 7) is 6.18. The second-order valence-electron chi connectivity index (χ2n) is 8.63. The number of benzene rings is 1. The molecule has 0 saturated carbocycles. The summed E-state index contributed by atoms with van der Waals surface area (Å²) in [5.41, 5.74) is -1.86. The van der Waals surface area contributed by atoms with Crippen LogP contribution in [0.25, 0.3) is 10.9 Å². The molecule has 2 aromatic rings. The Bertz CT molecular complexity index is 1000. The molecular weight excluding hydrogens is 498 g/mol. The molecule has 1 atom stereocenters. The van der Waals surface area contributed by atoms with Gasteiger partial charge in [0.1, 0.15) is 22.8 Å². The van der Waals surface area contributed by atoms with Gasteiger partial charge in [-0.25, -0.2) is 18.6 Å². The number of anilines is 1. The summed E-state index contributed by atoms with van der Waals surface area (Å²) in [5, 5.41) is 13.7. The van der Waals surface area contributed by atoms with Crippen molar-refractivity contribution in [3.05, 3.63) is 27.5 Å². The first-order valence-corrected chi connectivity index (χ1v) is 11.0. The van der Waals surface area contributed by atoms with Crippen LogP contribution in [0.2, 0.25) is 5.28 Å². The zero-order valence-corrected chi connectivity index (χ0v) is 19.8. The van der Waals surface area contributed by atoms with E-state index in [0.717, 1.165) is 6.07 Å². The topological polar surface area (TPSA) is 87.6 Å². The molecule has 0 bridgehead atoms. The van der Waals surface area contributed by atoms with Crippen LogP contribution < -0.4 is 10.2 Å². The fraction of sp³-hybridized carbons (Fsp3) is 0.550. The van der Waals surface area contributed by atoms with Crippen molar-refractivity contribution in [1.82, 2.24) is 15.3 Å². The van der Waals surface area contributed by atoms with E-state index < -0.39 is 28.9 Å². The van der Waals surface area contributed by atoms with Gasteiger partial charge in [0.2, 0.25) is 5.28 Å². The maximum absolute atomic E-state index is 14.5. The molecule has 31 heavy (non-hydrogen) atoms. The minimum atomic E-state index is -1.14. The average molecular weight is 522 g/mol. The van der Waals surface area contributed by atoms with Crippen LogP contribution in [0.15, 0.2) is 10.5 Å². The van der Waals surface area contributed by atoms with Crippen LogP contribution in [0.4, 0.5) is 19.4 Å². The van der Waals surface area contributed by atoms with Crippen molar-refractivity contribution in [2.75, 3.05) is 24.5 Å². The Morgan fingerprint density at radius 3 is 2.81 bits per heavy atom. The number of fused-ring (bicyclic) bond motifs is 1. The van der Waals surface area contributed by atoms with E-state index in [-0.39, 0.29) is 46.0 Å². The number of aromatic nitrogens is 2. The SMILES string of the molecule is CC(C)(C)OC(=O)NCCC1(O)CCCN(c2nc(Cl)nc3c(F)c(Br)c(F)cc23)C1. The van der Waals surface area contributed by atoms with E-state index >= 15 is 0 Å². The Balaban J connectivity index is 1.79. The lowest BCUT2D eigenvalue weighted by Crippen LogP contribution is -2.50. The molecule has 1 aliphatic rings. The molecule has 2 N–H and O–H groups in total. The van der Waals surface area contributed by atoms with Crippen LogP contribution in [0.1, 0.15) is 40.0 Å². The highest BCUT2D eigenvalue weighted by atomic mass is 79.9. The van der Waals surface area contributed by atoms with Gasteiger partial charge < -0.3 is 20.1 Å². The molecule has 1 aromatic heterocycles. The number of carbonyl (C=O) groups is 1. The summed E-state index contributed by atoms with van der Waals surface area (Å²) in [6.07, 6.45) is 0.833. The number of nitrogens with zero attached hydrogens (tertiary/aromatic N) is 3. The van der Waals surface area contributed by atoms with Gasteiger partial charge in [-0.2, -0.15) is 4.98 Å². The maximum atomic E-state index is 14.5. The smallest absolute Gasteiger partial charge is 0.407 e. The third kappa shape index (κ3) is 5.72. The summed E-state index contributed by atoms with van der Waals surface area (Å²) < 4.78 is 33.6. The van der Waals surface area contributed by atoms with Gasteiger partial charge in [0.25, 0.3) is 0 Å². The number of alkyl carbamates (subject to hydrolysis) is 1. The number of hydrogen-bond donors (Lipinski definition) is 2. The first-order valence-electron chi connectivity index (χ1n) is 9.83. The Morgan fingerprint density at radius 2 is 2.13 bits per heavy atom. The van der Waals surface area contributed by atoms with E-state index in [1.165, 1.54) is 0 Å². The van der Waals surface area contributed by atoms with Gasteiger partial charge in [-0.3, -0.25) is 0 Å². The highest BCUT2D eigenvalue weighted by Gasteiger charge is 2.35. The molecule has 2 heterocycles. The third-order valence-electron chi connectivity index (χ3n) is 4.89. The van der Waals surface area contributed by atoms with Crippen molar-refractivity contribution in [1.29, 1.82) is 0 Å². The lowest BCUT2D eigenvalue weighted by atomic mass is 9.89. The molecule has 0 radical (unpaired) electrons. The number of ether oxygens (including phenoxy) is 1. The zero-order chi connectivity index (χ0) is 23.0. The second-order valence-corrected chi connectivity index (χ2v) is 9.76. The first-order chi connectivity index (χ1) is 14.4. The number of carbonyl (C=O) groups excluding carboxylic acids is 1. The zero-order valence-electron chi connectivity index (χ0n) is 17.4. The molecule has 7 nitrogen and oxygen atoms in total. The van der Waals surface area contributed by atoms with Crippen LogP contribution in [-0.2, 0) is 4.74 Å². The van der Waals surface area contributed by atoms with E-state index in [4.69, 9.17) is 16.3 Å². The number of amides is 1. The minimum absolute atomic E-state index is 0.107. The van der Waals surface area contributed by atoms with Crippen molar-refractivity contribution in [2.24, 2.45) is 0 Å². The summed E-state index contributed by atoms with van der Waals surface area (Å²) in [6, 6.07) is 1.14. The number of rotatable bonds is 4. The summed E-state index contributed by atoms with van der Waals surface area (Å²) in [5.74, 6) is -1.40. The molecule has 0 aliphatic carbocycles. The molecule has 1 unspecified atom stereocenters. The van der Waals surface area contributed by atoms with Gasteiger partial charge in [0.05, 0.1) is 10.1 Å². The maximum Gasteiger partial charge on any atom is 0.407 e. The van der Waals surface area contributed by atoms with Crippen LogP contribution in [0.5, 0.6) is 0 Å². The molecule has 1 aliphatic heterocycles. The molecule has 1 saturated heterocycles. The average Bonchev–Trinajstić information content (AvgIpc) is 2.65. The lowest BCUT2D eigenvalue weighted by Gasteiger charge is -2.40. The number of piperidine rings is 1.